The maximum absolute atomic E-state index is 11.0. The van der Waals surface area contributed by atoms with Gasteiger partial charge in [0, 0.05) is 0 Å². The molecule has 0 atom stereocenters. The lowest BCUT2D eigenvalue weighted by molar-refractivity contribution is -0.148. The molecule has 0 unspecified atom stereocenters. The average Bonchev–Trinajstić information content (AvgIpc) is 2.28. The van der Waals surface area contributed by atoms with E-state index in [0.717, 1.165) is 12.0 Å². The third-order valence-corrected chi connectivity index (χ3v) is 2.55. The minimum atomic E-state index is -0.893. The number of benzene rings is 1. The molecule has 1 rings (SSSR count). The van der Waals surface area contributed by atoms with Crippen molar-refractivity contribution in [2.24, 2.45) is 11.1 Å². The highest BCUT2D eigenvalue weighted by Crippen LogP contribution is 2.22. The van der Waals surface area contributed by atoms with Crippen LogP contribution in [-0.2, 0) is 11.2 Å². The first kappa shape index (κ1) is 13.5. The summed E-state index contributed by atoms with van der Waals surface area (Å²) in [5.74, 6) is -0.152. The zero-order valence-corrected chi connectivity index (χ0v) is 10.3. The van der Waals surface area contributed by atoms with E-state index in [4.69, 9.17) is 15.6 Å². The number of para-hydroxylation sites is 1. The number of hydrogen-bond acceptors (Lipinski definition) is 3. The van der Waals surface area contributed by atoms with Crippen LogP contribution < -0.4 is 10.5 Å². The molecule has 3 N–H and O–H groups in total. The van der Waals surface area contributed by atoms with Crippen molar-refractivity contribution in [2.45, 2.75) is 20.3 Å². The highest BCUT2D eigenvalue weighted by molar-refractivity contribution is 5.73. The van der Waals surface area contributed by atoms with Crippen LogP contribution in [0, 0.1) is 5.41 Å². The summed E-state index contributed by atoms with van der Waals surface area (Å²) < 4.78 is 5.58. The predicted molar refractivity (Wildman–Crippen MR) is 66.1 cm³/mol. The van der Waals surface area contributed by atoms with Crippen LogP contribution in [0.25, 0.3) is 0 Å². The van der Waals surface area contributed by atoms with Crippen molar-refractivity contribution in [1.82, 2.24) is 0 Å². The molecule has 4 heteroatoms. The van der Waals surface area contributed by atoms with Gasteiger partial charge in [0.25, 0.3) is 0 Å². The van der Waals surface area contributed by atoms with Gasteiger partial charge in [-0.25, -0.2) is 0 Å². The standard InChI is InChI=1S/C13H19NO3/c1-13(2,12(15)16)9-17-11-6-4-3-5-10(11)7-8-14/h3-6H,7-9,14H2,1-2H3,(H,15,16). The molecule has 0 aliphatic carbocycles. The summed E-state index contributed by atoms with van der Waals surface area (Å²) in [5, 5.41) is 8.99. The number of carboxylic acids is 1. The highest BCUT2D eigenvalue weighted by atomic mass is 16.5. The van der Waals surface area contributed by atoms with E-state index >= 15 is 0 Å². The molecule has 0 amide bonds. The van der Waals surface area contributed by atoms with Crippen LogP contribution in [0.3, 0.4) is 0 Å². The van der Waals surface area contributed by atoms with Crippen molar-refractivity contribution >= 4 is 5.97 Å². The monoisotopic (exact) mass is 237 g/mol. The van der Waals surface area contributed by atoms with Crippen LogP contribution in [0.15, 0.2) is 24.3 Å². The number of carbonyl (C=O) groups is 1. The van der Waals surface area contributed by atoms with E-state index in [0.29, 0.717) is 12.3 Å². The van der Waals surface area contributed by atoms with Crippen LogP contribution in [0.5, 0.6) is 5.75 Å². The van der Waals surface area contributed by atoms with Crippen molar-refractivity contribution in [3.05, 3.63) is 29.8 Å². The van der Waals surface area contributed by atoms with Gasteiger partial charge < -0.3 is 15.6 Å². The fourth-order valence-electron chi connectivity index (χ4n) is 1.33. The van der Waals surface area contributed by atoms with Crippen LogP contribution in [0.1, 0.15) is 19.4 Å². The second kappa shape index (κ2) is 5.68. The normalized spacial score (nSPS) is 11.2. The van der Waals surface area contributed by atoms with Gasteiger partial charge in [-0.3, -0.25) is 4.79 Å². The van der Waals surface area contributed by atoms with Crippen LogP contribution >= 0.6 is 0 Å². The van der Waals surface area contributed by atoms with Crippen molar-refractivity contribution in [2.75, 3.05) is 13.2 Å². The van der Waals surface area contributed by atoms with E-state index in [-0.39, 0.29) is 6.61 Å². The molecular formula is C13H19NO3. The number of carboxylic acid groups (broad SMARTS) is 1. The van der Waals surface area contributed by atoms with Gasteiger partial charge in [0.2, 0.25) is 0 Å². The lowest BCUT2D eigenvalue weighted by atomic mass is 9.95. The van der Waals surface area contributed by atoms with E-state index in [1.165, 1.54) is 0 Å². The predicted octanol–water partition coefficient (Wildman–Crippen LogP) is 1.68. The van der Waals surface area contributed by atoms with Crippen molar-refractivity contribution in [1.29, 1.82) is 0 Å². The summed E-state index contributed by atoms with van der Waals surface area (Å²) in [5.41, 5.74) is 5.63. The lowest BCUT2D eigenvalue weighted by Gasteiger charge is -2.20. The first-order valence-corrected chi connectivity index (χ1v) is 5.61. The van der Waals surface area contributed by atoms with Gasteiger partial charge in [-0.2, -0.15) is 0 Å². The topological polar surface area (TPSA) is 72.5 Å². The molecule has 0 bridgehead atoms. The Morgan fingerprint density at radius 2 is 2.06 bits per heavy atom. The van der Waals surface area contributed by atoms with Gasteiger partial charge >= 0.3 is 5.97 Å². The molecule has 0 spiro atoms. The quantitative estimate of drug-likeness (QED) is 0.789. The molecule has 0 heterocycles. The highest BCUT2D eigenvalue weighted by Gasteiger charge is 2.28. The number of aliphatic carboxylic acids is 1. The molecule has 0 aromatic heterocycles. The summed E-state index contributed by atoms with van der Waals surface area (Å²) in [6.45, 7) is 3.97. The Bertz CT molecular complexity index is 388. The number of ether oxygens (including phenoxy) is 1. The fourth-order valence-corrected chi connectivity index (χ4v) is 1.33. The zero-order valence-electron chi connectivity index (χ0n) is 10.3. The van der Waals surface area contributed by atoms with Gasteiger partial charge in [-0.1, -0.05) is 18.2 Å². The van der Waals surface area contributed by atoms with Crippen LogP contribution in [-0.4, -0.2) is 24.2 Å². The molecule has 0 saturated heterocycles. The average molecular weight is 237 g/mol. The maximum Gasteiger partial charge on any atom is 0.312 e. The summed E-state index contributed by atoms with van der Waals surface area (Å²) in [4.78, 5) is 11.0. The SMILES string of the molecule is CC(C)(COc1ccccc1CCN)C(=O)O. The van der Waals surface area contributed by atoms with Gasteiger partial charge in [0.05, 0.1) is 5.41 Å². The largest absolute Gasteiger partial charge is 0.492 e. The zero-order chi connectivity index (χ0) is 12.9. The molecule has 1 aromatic carbocycles. The van der Waals surface area contributed by atoms with Gasteiger partial charge in [-0.05, 0) is 38.4 Å². The minimum Gasteiger partial charge on any atom is -0.492 e. The summed E-state index contributed by atoms with van der Waals surface area (Å²) >= 11 is 0. The van der Waals surface area contributed by atoms with Crippen LogP contribution in [0.4, 0.5) is 0 Å². The van der Waals surface area contributed by atoms with Crippen molar-refractivity contribution in [3.8, 4) is 5.75 Å². The number of hydrogen-bond donors (Lipinski definition) is 2. The number of nitrogens with two attached hydrogens (primary N) is 1. The molecule has 0 aliphatic rings. The smallest absolute Gasteiger partial charge is 0.312 e. The fraction of sp³-hybridized carbons (Fsp3) is 0.462. The van der Waals surface area contributed by atoms with Crippen LogP contribution in [0.2, 0.25) is 0 Å². The molecule has 1 aromatic rings. The van der Waals surface area contributed by atoms with E-state index < -0.39 is 11.4 Å². The Morgan fingerprint density at radius 3 is 2.65 bits per heavy atom. The molecule has 0 radical (unpaired) electrons. The summed E-state index contributed by atoms with van der Waals surface area (Å²) in [6.07, 6.45) is 0.726. The lowest BCUT2D eigenvalue weighted by Crippen LogP contribution is -2.30. The summed E-state index contributed by atoms with van der Waals surface area (Å²) in [7, 11) is 0. The molecule has 0 aliphatic heterocycles. The number of rotatable bonds is 6. The molecular weight excluding hydrogens is 218 g/mol. The van der Waals surface area contributed by atoms with E-state index in [1.807, 2.05) is 24.3 Å². The van der Waals surface area contributed by atoms with E-state index in [1.54, 1.807) is 13.8 Å². The third-order valence-electron chi connectivity index (χ3n) is 2.55. The Labute approximate surface area is 101 Å². The summed E-state index contributed by atoms with van der Waals surface area (Å²) in [6, 6.07) is 7.56. The Balaban J connectivity index is 2.72. The third kappa shape index (κ3) is 3.75. The molecule has 94 valence electrons. The van der Waals surface area contributed by atoms with E-state index in [9.17, 15) is 4.79 Å². The van der Waals surface area contributed by atoms with Gasteiger partial charge in [-0.15, -0.1) is 0 Å². The first-order valence-electron chi connectivity index (χ1n) is 5.61. The maximum atomic E-state index is 11.0. The van der Waals surface area contributed by atoms with Gasteiger partial charge in [0.1, 0.15) is 12.4 Å². The Morgan fingerprint density at radius 1 is 1.41 bits per heavy atom. The first-order chi connectivity index (χ1) is 7.97. The molecule has 17 heavy (non-hydrogen) atoms. The Hall–Kier alpha value is -1.55. The second-order valence-electron chi connectivity index (χ2n) is 4.62. The van der Waals surface area contributed by atoms with Crippen molar-refractivity contribution in [3.63, 3.8) is 0 Å². The second-order valence-corrected chi connectivity index (χ2v) is 4.62. The van der Waals surface area contributed by atoms with E-state index in [2.05, 4.69) is 0 Å². The van der Waals surface area contributed by atoms with Crippen molar-refractivity contribution < 1.29 is 14.6 Å². The molecule has 0 saturated carbocycles. The Kier molecular flexibility index (Phi) is 4.52. The van der Waals surface area contributed by atoms with Gasteiger partial charge in [0.15, 0.2) is 0 Å². The molecule has 4 nitrogen and oxygen atoms in total. The molecule has 0 fully saturated rings. The minimum absolute atomic E-state index is 0.143.